The van der Waals surface area contributed by atoms with Crippen molar-refractivity contribution in [1.82, 2.24) is 19.2 Å². The molecular formula is C13H14BrN5. The number of hydrogen-bond acceptors (Lipinski definition) is 3. The summed E-state index contributed by atoms with van der Waals surface area (Å²) < 4.78 is 4.73. The fraction of sp³-hybridized carbons (Fsp3) is 0.231. The molecular weight excluding hydrogens is 306 g/mol. The third-order valence-electron chi connectivity index (χ3n) is 3.02. The van der Waals surface area contributed by atoms with Crippen LogP contribution in [0.2, 0.25) is 0 Å². The van der Waals surface area contributed by atoms with Crippen molar-refractivity contribution < 1.29 is 0 Å². The molecule has 3 heterocycles. The summed E-state index contributed by atoms with van der Waals surface area (Å²) in [5, 5.41) is 4.32. The number of nitrogens with two attached hydrogens (primary N) is 1. The Balaban J connectivity index is 2.16. The zero-order valence-electron chi connectivity index (χ0n) is 10.7. The van der Waals surface area contributed by atoms with Gasteiger partial charge >= 0.3 is 0 Å². The first kappa shape index (κ1) is 12.2. The molecule has 0 amide bonds. The van der Waals surface area contributed by atoms with Gasteiger partial charge in [-0.15, -0.1) is 0 Å². The van der Waals surface area contributed by atoms with Crippen molar-refractivity contribution in [2.45, 2.75) is 19.9 Å². The summed E-state index contributed by atoms with van der Waals surface area (Å²) in [4.78, 5) is 4.56. The molecule has 0 saturated carbocycles. The van der Waals surface area contributed by atoms with Crippen molar-refractivity contribution in [3.8, 4) is 11.3 Å². The highest BCUT2D eigenvalue weighted by Crippen LogP contribution is 2.27. The fourth-order valence-electron chi connectivity index (χ4n) is 1.99. The maximum absolute atomic E-state index is 6.17. The highest BCUT2D eigenvalue weighted by Gasteiger charge is 2.13. The van der Waals surface area contributed by atoms with E-state index in [0.717, 1.165) is 21.4 Å². The number of anilines is 1. The summed E-state index contributed by atoms with van der Waals surface area (Å²) in [5.74, 6) is 0.625. The number of nitrogens with zero attached hydrogens (tertiary/aromatic N) is 4. The Morgan fingerprint density at radius 1 is 1.26 bits per heavy atom. The number of hydrogen-bond donors (Lipinski definition) is 1. The Morgan fingerprint density at radius 3 is 2.74 bits per heavy atom. The van der Waals surface area contributed by atoms with Crippen LogP contribution in [0.1, 0.15) is 19.9 Å². The molecule has 5 nitrogen and oxygen atoms in total. The van der Waals surface area contributed by atoms with Gasteiger partial charge in [-0.25, -0.2) is 4.98 Å². The molecule has 3 aromatic rings. The van der Waals surface area contributed by atoms with Gasteiger partial charge in [0.1, 0.15) is 17.2 Å². The first-order chi connectivity index (χ1) is 9.06. The Labute approximate surface area is 119 Å². The van der Waals surface area contributed by atoms with Gasteiger partial charge in [-0.05, 0) is 41.9 Å². The molecule has 3 rings (SSSR count). The van der Waals surface area contributed by atoms with Crippen LogP contribution in [-0.2, 0) is 0 Å². The van der Waals surface area contributed by atoms with E-state index in [-0.39, 0.29) is 0 Å². The molecule has 0 aliphatic rings. The Morgan fingerprint density at radius 2 is 2.05 bits per heavy atom. The maximum Gasteiger partial charge on any atom is 0.139 e. The first-order valence-corrected chi connectivity index (χ1v) is 6.83. The summed E-state index contributed by atoms with van der Waals surface area (Å²) in [6.07, 6.45) is 5.68. The molecule has 0 aromatic carbocycles. The maximum atomic E-state index is 6.17. The molecule has 0 spiro atoms. The van der Waals surface area contributed by atoms with Gasteiger partial charge in [-0.3, -0.25) is 9.08 Å². The smallest absolute Gasteiger partial charge is 0.139 e. The standard InChI is InChI=1S/C13H14BrN5/c1-8(2)19-6-9(5-16-19)12-13(15)18-7-10(14)3-4-11(18)17-12/h3-8H,15H2,1-2H3. The van der Waals surface area contributed by atoms with E-state index >= 15 is 0 Å². The van der Waals surface area contributed by atoms with Crippen LogP contribution < -0.4 is 5.73 Å². The minimum atomic E-state index is 0.321. The second-order valence-electron chi connectivity index (χ2n) is 4.72. The van der Waals surface area contributed by atoms with E-state index < -0.39 is 0 Å². The Kier molecular flexibility index (Phi) is 2.82. The van der Waals surface area contributed by atoms with Gasteiger partial charge in [0.05, 0.1) is 6.20 Å². The molecule has 0 aliphatic carbocycles. The quantitative estimate of drug-likeness (QED) is 0.789. The van der Waals surface area contributed by atoms with Gasteiger partial charge in [0.2, 0.25) is 0 Å². The monoisotopic (exact) mass is 319 g/mol. The Hall–Kier alpha value is -1.82. The van der Waals surface area contributed by atoms with Gasteiger partial charge in [0, 0.05) is 28.5 Å². The zero-order valence-corrected chi connectivity index (χ0v) is 12.3. The van der Waals surface area contributed by atoms with E-state index in [2.05, 4.69) is 39.9 Å². The second-order valence-corrected chi connectivity index (χ2v) is 5.64. The van der Waals surface area contributed by atoms with E-state index in [1.807, 2.05) is 33.6 Å². The number of aromatic nitrogens is 4. The average Bonchev–Trinajstić information content (AvgIpc) is 2.95. The molecule has 0 fully saturated rings. The van der Waals surface area contributed by atoms with E-state index in [9.17, 15) is 0 Å². The summed E-state index contributed by atoms with van der Waals surface area (Å²) in [5.41, 5.74) is 8.70. The molecule has 0 atom stereocenters. The minimum absolute atomic E-state index is 0.321. The molecule has 0 saturated heterocycles. The minimum Gasteiger partial charge on any atom is -0.383 e. The van der Waals surface area contributed by atoms with Crippen LogP contribution in [0, 0.1) is 0 Å². The van der Waals surface area contributed by atoms with Crippen molar-refractivity contribution in [3.63, 3.8) is 0 Å². The van der Waals surface area contributed by atoms with Crippen LogP contribution >= 0.6 is 15.9 Å². The number of fused-ring (bicyclic) bond motifs is 1. The summed E-state index contributed by atoms with van der Waals surface area (Å²) >= 11 is 3.43. The normalized spacial score (nSPS) is 11.6. The molecule has 6 heteroatoms. The largest absolute Gasteiger partial charge is 0.383 e. The predicted octanol–water partition coefficient (Wildman–Crippen LogP) is 3.12. The lowest BCUT2D eigenvalue weighted by Crippen LogP contribution is -1.99. The Bertz CT molecular complexity index is 741. The molecule has 0 aliphatic heterocycles. The number of halogens is 1. The van der Waals surface area contributed by atoms with Crippen molar-refractivity contribution in [2.24, 2.45) is 0 Å². The van der Waals surface area contributed by atoms with Crippen molar-refractivity contribution in [2.75, 3.05) is 5.73 Å². The van der Waals surface area contributed by atoms with Crippen molar-refractivity contribution >= 4 is 27.4 Å². The van der Waals surface area contributed by atoms with Crippen LogP contribution in [0.4, 0.5) is 5.82 Å². The number of rotatable bonds is 2. The van der Waals surface area contributed by atoms with Gasteiger partial charge in [0.25, 0.3) is 0 Å². The van der Waals surface area contributed by atoms with E-state index in [0.29, 0.717) is 11.9 Å². The summed E-state index contributed by atoms with van der Waals surface area (Å²) in [7, 11) is 0. The molecule has 0 bridgehead atoms. The molecule has 2 N–H and O–H groups in total. The van der Waals surface area contributed by atoms with Gasteiger partial charge < -0.3 is 5.73 Å². The first-order valence-electron chi connectivity index (χ1n) is 6.04. The van der Waals surface area contributed by atoms with Crippen LogP contribution in [0.3, 0.4) is 0 Å². The highest BCUT2D eigenvalue weighted by molar-refractivity contribution is 9.10. The second kappa shape index (κ2) is 4.38. The van der Waals surface area contributed by atoms with Gasteiger partial charge in [0.15, 0.2) is 0 Å². The summed E-state index contributed by atoms with van der Waals surface area (Å²) in [6.45, 7) is 4.17. The van der Waals surface area contributed by atoms with Crippen LogP contribution in [0.15, 0.2) is 35.2 Å². The van der Waals surface area contributed by atoms with Crippen LogP contribution in [-0.4, -0.2) is 19.2 Å². The summed E-state index contributed by atoms with van der Waals surface area (Å²) in [6, 6.07) is 4.20. The lowest BCUT2D eigenvalue weighted by molar-refractivity contribution is 0.532. The van der Waals surface area contributed by atoms with E-state index in [1.54, 1.807) is 6.20 Å². The third kappa shape index (κ3) is 2.02. The third-order valence-corrected chi connectivity index (χ3v) is 3.49. The van der Waals surface area contributed by atoms with E-state index in [4.69, 9.17) is 5.73 Å². The molecule has 98 valence electrons. The number of imidazole rings is 1. The van der Waals surface area contributed by atoms with Crippen molar-refractivity contribution in [3.05, 3.63) is 35.2 Å². The SMILES string of the molecule is CC(C)n1cc(-c2nc3ccc(Br)cn3c2N)cn1. The molecule has 0 radical (unpaired) electrons. The molecule has 0 unspecified atom stereocenters. The average molecular weight is 320 g/mol. The fourth-order valence-corrected chi connectivity index (χ4v) is 2.33. The van der Waals surface area contributed by atoms with Gasteiger partial charge in [-0.2, -0.15) is 5.10 Å². The molecule has 19 heavy (non-hydrogen) atoms. The molecule has 3 aromatic heterocycles. The highest BCUT2D eigenvalue weighted by atomic mass is 79.9. The zero-order chi connectivity index (χ0) is 13.6. The lowest BCUT2D eigenvalue weighted by atomic mass is 10.2. The van der Waals surface area contributed by atoms with Gasteiger partial charge in [-0.1, -0.05) is 0 Å². The topological polar surface area (TPSA) is 61.1 Å². The number of pyridine rings is 1. The van der Waals surface area contributed by atoms with E-state index in [1.165, 1.54) is 0 Å². The predicted molar refractivity (Wildman–Crippen MR) is 78.9 cm³/mol. The van der Waals surface area contributed by atoms with Crippen LogP contribution in [0.25, 0.3) is 16.9 Å². The number of nitrogen functional groups attached to an aromatic ring is 1. The lowest BCUT2D eigenvalue weighted by Gasteiger charge is -2.02. The van der Waals surface area contributed by atoms with Crippen LogP contribution in [0.5, 0.6) is 0 Å². The van der Waals surface area contributed by atoms with Crippen molar-refractivity contribution in [1.29, 1.82) is 0 Å².